The van der Waals surface area contributed by atoms with Gasteiger partial charge in [-0.1, -0.05) is 0 Å². The van der Waals surface area contributed by atoms with Crippen molar-refractivity contribution in [1.82, 2.24) is 0 Å². The van der Waals surface area contributed by atoms with E-state index in [4.69, 9.17) is 28.8 Å². The van der Waals surface area contributed by atoms with Crippen molar-refractivity contribution in [2.24, 2.45) is 0 Å². The number of carboxylic acid groups (broad SMARTS) is 1. The summed E-state index contributed by atoms with van der Waals surface area (Å²) in [6.45, 7) is 6.57. The van der Waals surface area contributed by atoms with Crippen molar-refractivity contribution in [3.63, 3.8) is 0 Å². The van der Waals surface area contributed by atoms with Crippen molar-refractivity contribution >= 4 is 23.9 Å². The van der Waals surface area contributed by atoms with Gasteiger partial charge in [0, 0.05) is 27.7 Å². The van der Waals surface area contributed by atoms with E-state index < -0.39 is 48.3 Å². The molecule has 1 aliphatic heterocycles. The van der Waals surface area contributed by atoms with Crippen LogP contribution in [0.1, 0.15) is 34.6 Å². The van der Waals surface area contributed by atoms with Crippen LogP contribution in [0, 0.1) is 0 Å². The Morgan fingerprint density at radius 2 is 1.26 bits per heavy atom. The van der Waals surface area contributed by atoms with E-state index in [0.29, 0.717) is 0 Å². The maximum absolute atomic E-state index is 11.1. The molecule has 1 heterocycles. The Kier molecular flexibility index (Phi) is 8.86. The maximum Gasteiger partial charge on any atom is 0.303 e. The number of carboxylic acids is 1. The van der Waals surface area contributed by atoms with E-state index >= 15 is 0 Å². The zero-order valence-corrected chi connectivity index (χ0v) is 13.7. The van der Waals surface area contributed by atoms with Gasteiger partial charge in [-0.3, -0.25) is 19.2 Å². The molecule has 0 aromatic carbocycles. The van der Waals surface area contributed by atoms with Crippen LogP contribution in [0.3, 0.4) is 0 Å². The van der Waals surface area contributed by atoms with E-state index in [1.807, 2.05) is 0 Å². The van der Waals surface area contributed by atoms with Crippen molar-refractivity contribution < 1.29 is 43.2 Å². The Balaban J connectivity index is 0.00000108. The lowest BCUT2D eigenvalue weighted by Crippen LogP contribution is -2.56. The van der Waals surface area contributed by atoms with Crippen LogP contribution in [0.15, 0.2) is 0 Å². The van der Waals surface area contributed by atoms with E-state index in [1.165, 1.54) is 20.8 Å². The first kappa shape index (κ1) is 20.8. The van der Waals surface area contributed by atoms with Crippen LogP contribution in [0.4, 0.5) is 0 Å². The largest absolute Gasteiger partial charge is 0.481 e. The fourth-order valence-corrected chi connectivity index (χ4v) is 1.92. The molecule has 0 saturated carbocycles. The van der Waals surface area contributed by atoms with Crippen LogP contribution >= 0.6 is 0 Å². The Bertz CT molecular complexity index is 442. The predicted octanol–water partition coefficient (Wildman–Crippen LogP) is 0.291. The molecule has 9 nitrogen and oxygen atoms in total. The molecule has 9 heteroatoms. The molecule has 0 amide bonds. The number of esters is 3. The van der Waals surface area contributed by atoms with Gasteiger partial charge in [0.05, 0.1) is 12.7 Å². The SMILES string of the molecule is CC(=O)O.CC(=O)O[C@@H]1[C@H](OC(C)=O)[C@H](C)OC[C@H]1OC(C)=O. The van der Waals surface area contributed by atoms with Gasteiger partial charge in [0.25, 0.3) is 5.97 Å². The molecule has 0 aromatic rings. The lowest BCUT2D eigenvalue weighted by Gasteiger charge is -2.39. The smallest absolute Gasteiger partial charge is 0.303 e. The monoisotopic (exact) mass is 334 g/mol. The summed E-state index contributed by atoms with van der Waals surface area (Å²) >= 11 is 0. The quantitative estimate of drug-likeness (QED) is 0.572. The summed E-state index contributed by atoms with van der Waals surface area (Å²) in [4.78, 5) is 42.3. The summed E-state index contributed by atoms with van der Waals surface area (Å²) in [5, 5.41) is 7.42. The van der Waals surface area contributed by atoms with Crippen LogP contribution in [-0.4, -0.2) is 60.0 Å². The maximum atomic E-state index is 11.1. The zero-order valence-electron chi connectivity index (χ0n) is 13.7. The summed E-state index contributed by atoms with van der Waals surface area (Å²) in [5.74, 6) is -2.43. The van der Waals surface area contributed by atoms with E-state index in [0.717, 1.165) is 6.92 Å². The Morgan fingerprint density at radius 3 is 1.65 bits per heavy atom. The fraction of sp³-hybridized carbons (Fsp3) is 0.714. The molecule has 1 rings (SSSR count). The second-order valence-electron chi connectivity index (χ2n) is 4.85. The second kappa shape index (κ2) is 9.78. The van der Waals surface area contributed by atoms with Gasteiger partial charge in [0.1, 0.15) is 0 Å². The highest BCUT2D eigenvalue weighted by molar-refractivity contribution is 5.68. The highest BCUT2D eigenvalue weighted by Crippen LogP contribution is 2.24. The molecule has 0 aliphatic carbocycles. The van der Waals surface area contributed by atoms with Crippen molar-refractivity contribution in [1.29, 1.82) is 0 Å². The molecule has 1 N–H and O–H groups in total. The van der Waals surface area contributed by atoms with Gasteiger partial charge >= 0.3 is 17.9 Å². The van der Waals surface area contributed by atoms with Crippen molar-refractivity contribution in [3.05, 3.63) is 0 Å². The van der Waals surface area contributed by atoms with E-state index in [-0.39, 0.29) is 6.61 Å². The normalized spacial score (nSPS) is 26.1. The molecule has 1 saturated heterocycles. The molecule has 0 unspecified atom stereocenters. The van der Waals surface area contributed by atoms with Crippen LogP contribution < -0.4 is 0 Å². The molecular formula is C14H22O9. The molecule has 132 valence electrons. The first-order valence-electron chi connectivity index (χ1n) is 6.87. The summed E-state index contributed by atoms with van der Waals surface area (Å²) < 4.78 is 20.6. The molecule has 1 fully saturated rings. The van der Waals surface area contributed by atoms with Crippen LogP contribution in [0.2, 0.25) is 0 Å². The van der Waals surface area contributed by atoms with Crippen molar-refractivity contribution in [2.45, 2.75) is 59.0 Å². The van der Waals surface area contributed by atoms with Gasteiger partial charge in [0.2, 0.25) is 0 Å². The van der Waals surface area contributed by atoms with Gasteiger partial charge < -0.3 is 24.1 Å². The third-order valence-corrected chi connectivity index (χ3v) is 2.60. The zero-order chi connectivity index (χ0) is 18.2. The minimum absolute atomic E-state index is 0.0798. The van der Waals surface area contributed by atoms with Gasteiger partial charge in [0.15, 0.2) is 18.3 Å². The first-order valence-corrected chi connectivity index (χ1v) is 6.87. The van der Waals surface area contributed by atoms with Crippen LogP contribution in [0.25, 0.3) is 0 Å². The van der Waals surface area contributed by atoms with Crippen molar-refractivity contribution in [2.75, 3.05) is 6.61 Å². The lowest BCUT2D eigenvalue weighted by molar-refractivity contribution is -0.222. The minimum atomic E-state index is -0.867. The number of hydrogen-bond acceptors (Lipinski definition) is 8. The van der Waals surface area contributed by atoms with E-state index in [9.17, 15) is 14.4 Å². The summed E-state index contributed by atoms with van der Waals surface area (Å²) in [5.41, 5.74) is 0. The number of hydrogen-bond donors (Lipinski definition) is 1. The fourth-order valence-electron chi connectivity index (χ4n) is 1.92. The minimum Gasteiger partial charge on any atom is -0.481 e. The molecule has 23 heavy (non-hydrogen) atoms. The highest BCUT2D eigenvalue weighted by atomic mass is 16.6. The molecular weight excluding hydrogens is 312 g/mol. The number of carbonyl (C=O) groups excluding carboxylic acids is 3. The topological polar surface area (TPSA) is 125 Å². The molecule has 0 aromatic heterocycles. The molecule has 1 aliphatic rings. The molecule has 0 bridgehead atoms. The predicted molar refractivity (Wildman–Crippen MR) is 75.4 cm³/mol. The average Bonchev–Trinajstić information content (AvgIpc) is 2.35. The van der Waals surface area contributed by atoms with E-state index in [2.05, 4.69) is 0 Å². The molecule has 0 spiro atoms. The van der Waals surface area contributed by atoms with Crippen LogP contribution in [-0.2, 0) is 38.1 Å². The molecule has 4 atom stereocenters. The Labute approximate surface area is 133 Å². The average molecular weight is 334 g/mol. The van der Waals surface area contributed by atoms with Crippen LogP contribution in [0.5, 0.6) is 0 Å². The lowest BCUT2D eigenvalue weighted by atomic mass is 10.0. The summed E-state index contributed by atoms with van der Waals surface area (Å²) in [6.07, 6.45) is -2.92. The van der Waals surface area contributed by atoms with E-state index in [1.54, 1.807) is 6.92 Å². The Morgan fingerprint density at radius 1 is 0.870 bits per heavy atom. The number of aliphatic carboxylic acids is 1. The molecule has 0 radical (unpaired) electrons. The van der Waals surface area contributed by atoms with Gasteiger partial charge in [-0.25, -0.2) is 0 Å². The number of ether oxygens (including phenoxy) is 4. The van der Waals surface area contributed by atoms with Gasteiger partial charge in [-0.05, 0) is 6.92 Å². The summed E-state index contributed by atoms with van der Waals surface area (Å²) in [7, 11) is 0. The third-order valence-electron chi connectivity index (χ3n) is 2.60. The van der Waals surface area contributed by atoms with Gasteiger partial charge in [-0.15, -0.1) is 0 Å². The standard InChI is InChI=1S/C12H18O7.C2H4O2/c1-6-11(18-8(3)14)12(19-9(4)15)10(5-16-6)17-7(2)13;1-2(3)4/h6,10-12H,5H2,1-4H3;1H3,(H,3,4)/t6-,10+,11+,12-;/m0./s1. The van der Waals surface area contributed by atoms with Gasteiger partial charge in [-0.2, -0.15) is 0 Å². The third kappa shape index (κ3) is 8.77. The second-order valence-corrected chi connectivity index (χ2v) is 4.85. The number of rotatable bonds is 3. The highest BCUT2D eigenvalue weighted by Gasteiger charge is 2.44. The first-order chi connectivity index (χ1) is 10.5. The Hall–Kier alpha value is -2.16. The summed E-state index contributed by atoms with van der Waals surface area (Å²) in [6, 6.07) is 0. The number of carbonyl (C=O) groups is 4. The van der Waals surface area contributed by atoms with Crippen molar-refractivity contribution in [3.8, 4) is 0 Å².